The van der Waals surface area contributed by atoms with E-state index in [1.807, 2.05) is 0 Å². The molecule has 0 bridgehead atoms. The first kappa shape index (κ1) is 30.1. The van der Waals surface area contributed by atoms with Gasteiger partial charge in [-0.05, 0) is 37.2 Å². The van der Waals surface area contributed by atoms with Crippen molar-refractivity contribution in [3.05, 3.63) is 42.0 Å². The average Bonchev–Trinajstić information content (AvgIpc) is 3.36. The summed E-state index contributed by atoms with van der Waals surface area (Å²) in [7, 11) is 0. The van der Waals surface area contributed by atoms with Gasteiger partial charge in [-0.15, -0.1) is 0 Å². The van der Waals surface area contributed by atoms with Gasteiger partial charge in [0.05, 0.1) is 51.1 Å². The van der Waals surface area contributed by atoms with Crippen molar-refractivity contribution in [1.82, 2.24) is 19.9 Å². The molecule has 11 heteroatoms. The van der Waals surface area contributed by atoms with E-state index in [-0.39, 0.29) is 11.7 Å². The molecular formula is C29H39F2N5O4. The summed E-state index contributed by atoms with van der Waals surface area (Å²) in [6, 6.07) is 1.37. The van der Waals surface area contributed by atoms with E-state index in [0.29, 0.717) is 106 Å². The molecule has 3 aromatic rings. The minimum absolute atomic E-state index is 0.245. The smallest absolute Gasteiger partial charge is 0.163 e. The van der Waals surface area contributed by atoms with Crippen molar-refractivity contribution in [3.8, 4) is 11.4 Å². The first-order chi connectivity index (χ1) is 19.5. The second kappa shape index (κ2) is 15.8. The maximum Gasteiger partial charge on any atom is 0.163 e. The normalized spacial score (nSPS) is 17.5. The van der Waals surface area contributed by atoms with E-state index in [4.69, 9.17) is 19.9 Å². The number of nitrogens with two attached hydrogens (primary N) is 1. The van der Waals surface area contributed by atoms with Crippen LogP contribution >= 0.6 is 0 Å². The van der Waals surface area contributed by atoms with Crippen molar-refractivity contribution in [1.29, 1.82) is 0 Å². The molecule has 40 heavy (non-hydrogen) atoms. The SMILES string of the molecule is NCCOCCOCCOCCCC(=O)C[C@@H]1CCC[C@H](Cc2nc(-c3c[nH]c4ncc(F)cc34)ncc2F)C1. The Morgan fingerprint density at radius 1 is 1.00 bits per heavy atom. The van der Waals surface area contributed by atoms with Crippen LogP contribution in [0.25, 0.3) is 22.4 Å². The van der Waals surface area contributed by atoms with Gasteiger partial charge in [0.2, 0.25) is 0 Å². The van der Waals surface area contributed by atoms with E-state index < -0.39 is 11.6 Å². The zero-order valence-electron chi connectivity index (χ0n) is 22.9. The number of hydrogen-bond donors (Lipinski definition) is 2. The van der Waals surface area contributed by atoms with Crippen LogP contribution in [0.15, 0.2) is 24.7 Å². The number of fused-ring (bicyclic) bond motifs is 1. The lowest BCUT2D eigenvalue weighted by Gasteiger charge is -2.28. The summed E-state index contributed by atoms with van der Waals surface area (Å²) in [5, 5.41) is 0.552. The van der Waals surface area contributed by atoms with Gasteiger partial charge in [0, 0.05) is 43.1 Å². The number of aromatic amines is 1. The molecule has 3 aromatic heterocycles. The highest BCUT2D eigenvalue weighted by Crippen LogP contribution is 2.34. The van der Waals surface area contributed by atoms with E-state index in [2.05, 4.69) is 19.9 Å². The fourth-order valence-electron chi connectivity index (χ4n) is 5.31. The van der Waals surface area contributed by atoms with Crippen molar-refractivity contribution in [2.24, 2.45) is 17.6 Å². The maximum atomic E-state index is 14.7. The fourth-order valence-corrected chi connectivity index (χ4v) is 5.31. The molecule has 4 rings (SSSR count). The maximum absolute atomic E-state index is 14.7. The standard InChI is InChI=1S/C29H39F2N5O4/c30-22-16-24-25(18-34-28(24)33-17-22)29-35-19-26(31)27(36-29)15-21-4-1-3-20(13-21)14-23(37)5-2-7-38-9-11-40-12-10-39-8-6-32/h16-21H,1-15,32H2,(H,33,34)/t20-,21+/m1/s1. The Hall–Kier alpha value is -2.86. The van der Waals surface area contributed by atoms with Crippen LogP contribution in [0.4, 0.5) is 8.78 Å². The van der Waals surface area contributed by atoms with Crippen molar-refractivity contribution >= 4 is 16.8 Å². The van der Waals surface area contributed by atoms with Crippen LogP contribution in [0.2, 0.25) is 0 Å². The molecule has 3 N–H and O–H groups in total. The van der Waals surface area contributed by atoms with Gasteiger partial charge >= 0.3 is 0 Å². The van der Waals surface area contributed by atoms with Crippen molar-refractivity contribution in [3.63, 3.8) is 0 Å². The molecule has 0 saturated heterocycles. The van der Waals surface area contributed by atoms with Gasteiger partial charge in [-0.25, -0.2) is 23.7 Å². The summed E-state index contributed by atoms with van der Waals surface area (Å²) in [6.45, 7) is 3.59. The third-order valence-corrected chi connectivity index (χ3v) is 7.20. The number of Topliss-reactive ketones (excluding diaryl/α,β-unsaturated/α-hetero) is 1. The molecule has 1 aliphatic rings. The lowest BCUT2D eigenvalue weighted by molar-refractivity contribution is -0.120. The molecule has 0 amide bonds. The van der Waals surface area contributed by atoms with Gasteiger partial charge in [-0.2, -0.15) is 0 Å². The number of nitrogens with zero attached hydrogens (tertiary/aromatic N) is 3. The van der Waals surface area contributed by atoms with Crippen LogP contribution in [0.5, 0.6) is 0 Å². The molecule has 0 aromatic carbocycles. The molecule has 1 fully saturated rings. The van der Waals surface area contributed by atoms with Gasteiger partial charge < -0.3 is 24.9 Å². The number of halogens is 2. The molecular weight excluding hydrogens is 520 g/mol. The molecule has 9 nitrogen and oxygen atoms in total. The third-order valence-electron chi connectivity index (χ3n) is 7.20. The molecule has 0 radical (unpaired) electrons. The molecule has 3 heterocycles. The Balaban J connectivity index is 1.19. The number of pyridine rings is 1. The molecule has 1 aliphatic carbocycles. The number of rotatable bonds is 17. The van der Waals surface area contributed by atoms with E-state index >= 15 is 0 Å². The van der Waals surface area contributed by atoms with E-state index in [0.717, 1.165) is 31.9 Å². The van der Waals surface area contributed by atoms with Crippen LogP contribution < -0.4 is 5.73 Å². The minimum atomic E-state index is -0.461. The Kier molecular flexibility index (Phi) is 11.9. The summed E-state index contributed by atoms with van der Waals surface area (Å²) in [5.41, 5.74) is 6.80. The molecule has 2 atom stereocenters. The van der Waals surface area contributed by atoms with Crippen molar-refractivity contribution in [2.75, 3.05) is 46.2 Å². The zero-order valence-corrected chi connectivity index (χ0v) is 22.9. The van der Waals surface area contributed by atoms with Gasteiger partial charge in [0.1, 0.15) is 17.2 Å². The Labute approximate surface area is 233 Å². The Bertz CT molecular complexity index is 1220. The first-order valence-corrected chi connectivity index (χ1v) is 14.1. The van der Waals surface area contributed by atoms with Crippen LogP contribution in [0, 0.1) is 23.5 Å². The summed E-state index contributed by atoms with van der Waals surface area (Å²) in [6.07, 6.45) is 10.1. The van der Waals surface area contributed by atoms with Gasteiger partial charge in [0.25, 0.3) is 0 Å². The van der Waals surface area contributed by atoms with Crippen LogP contribution in [0.1, 0.15) is 50.6 Å². The summed E-state index contributed by atoms with van der Waals surface area (Å²) in [4.78, 5) is 28.3. The topological polar surface area (TPSA) is 125 Å². The highest BCUT2D eigenvalue weighted by Gasteiger charge is 2.26. The number of carbonyl (C=O) groups is 1. The minimum Gasteiger partial charge on any atom is -0.379 e. The number of carbonyl (C=O) groups excluding carboxylic acids is 1. The number of hydrogen-bond acceptors (Lipinski definition) is 8. The molecule has 0 aliphatic heterocycles. The van der Waals surface area contributed by atoms with Gasteiger partial charge in [-0.1, -0.05) is 19.3 Å². The average molecular weight is 560 g/mol. The van der Waals surface area contributed by atoms with E-state index in [1.54, 1.807) is 6.20 Å². The first-order valence-electron chi connectivity index (χ1n) is 14.1. The van der Waals surface area contributed by atoms with Gasteiger partial charge in [0.15, 0.2) is 11.6 Å². The fraction of sp³-hybridized carbons (Fsp3) is 0.586. The molecule has 0 spiro atoms. The second-order valence-corrected chi connectivity index (χ2v) is 10.3. The number of ether oxygens (including phenoxy) is 3. The van der Waals surface area contributed by atoms with Crippen LogP contribution in [0.3, 0.4) is 0 Å². The lowest BCUT2D eigenvalue weighted by atomic mass is 9.77. The van der Waals surface area contributed by atoms with Gasteiger partial charge in [-0.3, -0.25) is 4.79 Å². The van der Waals surface area contributed by atoms with Crippen LogP contribution in [-0.2, 0) is 25.4 Å². The van der Waals surface area contributed by atoms with Crippen LogP contribution in [-0.4, -0.2) is 71.9 Å². The van der Waals surface area contributed by atoms with E-state index in [9.17, 15) is 13.6 Å². The lowest BCUT2D eigenvalue weighted by Crippen LogP contribution is -2.21. The summed E-state index contributed by atoms with van der Waals surface area (Å²) >= 11 is 0. The van der Waals surface area contributed by atoms with Crippen molar-refractivity contribution in [2.45, 2.75) is 51.4 Å². The Morgan fingerprint density at radius 3 is 2.55 bits per heavy atom. The highest BCUT2D eigenvalue weighted by molar-refractivity contribution is 5.91. The third kappa shape index (κ3) is 9.09. The zero-order chi connectivity index (χ0) is 28.2. The second-order valence-electron chi connectivity index (χ2n) is 10.3. The number of H-pyrrole nitrogens is 1. The number of nitrogens with one attached hydrogen (secondary N) is 1. The molecule has 0 unspecified atom stereocenters. The highest BCUT2D eigenvalue weighted by atomic mass is 19.1. The predicted molar refractivity (Wildman–Crippen MR) is 147 cm³/mol. The molecule has 1 saturated carbocycles. The quantitative estimate of drug-likeness (QED) is 0.233. The monoisotopic (exact) mass is 559 g/mol. The number of ketones is 1. The Morgan fingerprint density at radius 2 is 1.75 bits per heavy atom. The summed E-state index contributed by atoms with van der Waals surface area (Å²) in [5.74, 6) is 0.221. The predicted octanol–water partition coefficient (Wildman–Crippen LogP) is 4.39. The van der Waals surface area contributed by atoms with Crippen molar-refractivity contribution < 1.29 is 27.8 Å². The largest absolute Gasteiger partial charge is 0.379 e. The van der Waals surface area contributed by atoms with E-state index in [1.165, 1.54) is 12.3 Å². The molecule has 218 valence electrons. The number of aromatic nitrogens is 4. The summed E-state index contributed by atoms with van der Waals surface area (Å²) < 4.78 is 44.6.